The summed E-state index contributed by atoms with van der Waals surface area (Å²) < 4.78 is 11.3. The van der Waals surface area contributed by atoms with Gasteiger partial charge in [0.25, 0.3) is 5.91 Å². The predicted molar refractivity (Wildman–Crippen MR) is 178 cm³/mol. The van der Waals surface area contributed by atoms with Gasteiger partial charge in [0, 0.05) is 37.9 Å². The molecule has 14 nitrogen and oxygen atoms in total. The number of nitrogens with one attached hydrogen (secondary N) is 4. The van der Waals surface area contributed by atoms with Gasteiger partial charge >= 0.3 is 12.1 Å². The van der Waals surface area contributed by atoms with Crippen molar-refractivity contribution in [3.8, 4) is 0 Å². The number of nitrogens with two attached hydrogens (primary N) is 1. The van der Waals surface area contributed by atoms with Gasteiger partial charge in [-0.3, -0.25) is 14.9 Å². The Kier molecular flexibility index (Phi) is 10.7. The molecule has 1 saturated carbocycles. The molecule has 0 unspecified atom stereocenters. The van der Waals surface area contributed by atoms with Crippen LogP contribution in [0.4, 0.5) is 9.93 Å². The predicted octanol–water partition coefficient (Wildman–Crippen LogP) is 2.61. The molecule has 2 fully saturated rings. The molecule has 0 spiro atoms. The van der Waals surface area contributed by atoms with Crippen molar-refractivity contribution in [3.63, 3.8) is 0 Å². The van der Waals surface area contributed by atoms with Crippen LogP contribution in [-0.4, -0.2) is 77.5 Å². The molecule has 5 rings (SSSR count). The van der Waals surface area contributed by atoms with E-state index in [1.807, 2.05) is 60.7 Å². The molecular formula is C33H39N7O7S. The third-order valence-electron chi connectivity index (χ3n) is 7.37. The SMILES string of the molecule is CC(C)(C)OC(=O)Nc1nc(C(=NOC2(C(=O)OC(c3ccccc3)c3ccccc3)CC2)C(=O)N[C@@H]2C(=O)N[C@H]2CNCCN)cs1. The van der Waals surface area contributed by atoms with Gasteiger partial charge in [-0.15, -0.1) is 11.3 Å². The first-order valence-electron chi connectivity index (χ1n) is 15.5. The van der Waals surface area contributed by atoms with Gasteiger partial charge in [0.1, 0.15) is 17.3 Å². The van der Waals surface area contributed by atoms with Crippen molar-refractivity contribution in [1.29, 1.82) is 0 Å². The number of carbonyl (C=O) groups is 4. The maximum atomic E-state index is 13.6. The summed E-state index contributed by atoms with van der Waals surface area (Å²) in [6.45, 7) is 6.51. The van der Waals surface area contributed by atoms with Crippen LogP contribution in [0.3, 0.4) is 0 Å². The van der Waals surface area contributed by atoms with Gasteiger partial charge in [0.05, 0.1) is 6.04 Å². The van der Waals surface area contributed by atoms with E-state index in [2.05, 4.69) is 31.4 Å². The zero-order chi connectivity index (χ0) is 34.3. The Morgan fingerprint density at radius 1 is 1.08 bits per heavy atom. The van der Waals surface area contributed by atoms with Crippen molar-refractivity contribution in [2.24, 2.45) is 10.9 Å². The molecule has 48 heavy (non-hydrogen) atoms. The highest BCUT2D eigenvalue weighted by Gasteiger charge is 2.56. The van der Waals surface area contributed by atoms with Gasteiger partial charge in [0.2, 0.25) is 11.5 Å². The molecular weight excluding hydrogens is 638 g/mol. The lowest BCUT2D eigenvalue weighted by Gasteiger charge is -2.37. The van der Waals surface area contributed by atoms with Crippen LogP contribution in [0.2, 0.25) is 0 Å². The minimum Gasteiger partial charge on any atom is -0.450 e. The van der Waals surface area contributed by atoms with E-state index in [1.165, 1.54) is 5.38 Å². The minimum absolute atomic E-state index is 0.0525. The smallest absolute Gasteiger partial charge is 0.413 e. The number of amides is 3. The number of hydrogen-bond donors (Lipinski definition) is 5. The van der Waals surface area contributed by atoms with Gasteiger partial charge < -0.3 is 36.0 Å². The average Bonchev–Trinajstić information content (AvgIpc) is 3.72. The Balaban J connectivity index is 1.36. The molecule has 6 N–H and O–H groups in total. The number of rotatable bonds is 14. The van der Waals surface area contributed by atoms with E-state index in [0.717, 1.165) is 22.5 Å². The largest absolute Gasteiger partial charge is 0.450 e. The van der Waals surface area contributed by atoms with Gasteiger partial charge in [-0.25, -0.2) is 14.6 Å². The van der Waals surface area contributed by atoms with E-state index in [0.29, 0.717) is 32.5 Å². The van der Waals surface area contributed by atoms with E-state index in [4.69, 9.17) is 20.0 Å². The third-order valence-corrected chi connectivity index (χ3v) is 8.13. The highest BCUT2D eigenvalue weighted by Crippen LogP contribution is 2.43. The number of oxime groups is 1. The maximum Gasteiger partial charge on any atom is 0.413 e. The zero-order valence-corrected chi connectivity index (χ0v) is 27.7. The molecule has 1 aliphatic carbocycles. The topological polar surface area (TPSA) is 195 Å². The summed E-state index contributed by atoms with van der Waals surface area (Å²) in [4.78, 5) is 62.1. The van der Waals surface area contributed by atoms with Crippen molar-refractivity contribution in [3.05, 3.63) is 82.9 Å². The number of carbonyl (C=O) groups excluding carboxylic acids is 4. The molecule has 15 heteroatoms. The summed E-state index contributed by atoms with van der Waals surface area (Å²) in [6.07, 6.45) is -0.811. The lowest BCUT2D eigenvalue weighted by molar-refractivity contribution is -0.164. The minimum atomic E-state index is -1.43. The van der Waals surface area contributed by atoms with E-state index >= 15 is 0 Å². The molecule has 1 aromatic heterocycles. The average molecular weight is 678 g/mol. The summed E-state index contributed by atoms with van der Waals surface area (Å²) in [6, 6.07) is 17.4. The first kappa shape index (κ1) is 34.5. The summed E-state index contributed by atoms with van der Waals surface area (Å²) in [5.41, 5.74) is 4.69. The van der Waals surface area contributed by atoms with Crippen LogP contribution in [0.5, 0.6) is 0 Å². The molecule has 2 aromatic carbocycles. The molecule has 3 amide bonds. The molecule has 2 aliphatic rings. The normalized spacial score (nSPS) is 18.3. The van der Waals surface area contributed by atoms with Crippen LogP contribution in [0, 0.1) is 0 Å². The van der Waals surface area contributed by atoms with Crippen LogP contribution in [-0.2, 0) is 28.7 Å². The maximum absolute atomic E-state index is 13.6. The highest BCUT2D eigenvalue weighted by atomic mass is 32.1. The lowest BCUT2D eigenvalue weighted by Crippen LogP contribution is -2.72. The van der Waals surface area contributed by atoms with Gasteiger partial charge in [0.15, 0.2) is 16.9 Å². The molecule has 0 radical (unpaired) electrons. The third kappa shape index (κ3) is 8.73. The molecule has 0 bridgehead atoms. The number of anilines is 1. The van der Waals surface area contributed by atoms with Gasteiger partial charge in [-0.05, 0) is 31.9 Å². The number of ether oxygens (including phenoxy) is 2. The van der Waals surface area contributed by atoms with E-state index in [9.17, 15) is 19.2 Å². The molecule has 2 atom stereocenters. The Morgan fingerprint density at radius 2 is 1.73 bits per heavy atom. The van der Waals surface area contributed by atoms with Crippen LogP contribution in [0.15, 0.2) is 71.2 Å². The van der Waals surface area contributed by atoms with E-state index in [1.54, 1.807) is 20.8 Å². The first-order chi connectivity index (χ1) is 23.0. The number of nitrogens with zero attached hydrogens (tertiary/aromatic N) is 2. The fourth-order valence-electron chi connectivity index (χ4n) is 4.76. The fourth-order valence-corrected chi connectivity index (χ4v) is 5.44. The van der Waals surface area contributed by atoms with Crippen molar-refractivity contribution in [1.82, 2.24) is 20.9 Å². The molecule has 1 aliphatic heterocycles. The second-order valence-corrected chi connectivity index (χ2v) is 13.2. The van der Waals surface area contributed by atoms with Gasteiger partial charge in [-0.2, -0.15) is 0 Å². The second-order valence-electron chi connectivity index (χ2n) is 12.4. The van der Waals surface area contributed by atoms with Crippen molar-refractivity contribution >= 4 is 46.1 Å². The van der Waals surface area contributed by atoms with Crippen LogP contribution in [0.25, 0.3) is 0 Å². The van der Waals surface area contributed by atoms with Crippen LogP contribution >= 0.6 is 11.3 Å². The number of β-lactam (4-membered cyclic amide) rings is 1. The van der Waals surface area contributed by atoms with Crippen molar-refractivity contribution in [2.75, 3.05) is 25.0 Å². The van der Waals surface area contributed by atoms with Crippen molar-refractivity contribution in [2.45, 2.75) is 63.0 Å². The number of esters is 1. The highest BCUT2D eigenvalue weighted by molar-refractivity contribution is 7.14. The molecule has 254 valence electrons. The summed E-state index contributed by atoms with van der Waals surface area (Å²) in [5, 5.41) is 16.8. The monoisotopic (exact) mass is 677 g/mol. The lowest BCUT2D eigenvalue weighted by atomic mass is 9.98. The van der Waals surface area contributed by atoms with E-state index in [-0.39, 0.29) is 28.5 Å². The Hall–Kier alpha value is -4.86. The molecule has 1 saturated heterocycles. The Bertz CT molecular complexity index is 1600. The number of hydrogen-bond acceptors (Lipinski definition) is 12. The summed E-state index contributed by atoms with van der Waals surface area (Å²) in [7, 11) is 0. The van der Waals surface area contributed by atoms with Gasteiger partial charge in [-0.1, -0.05) is 65.8 Å². The van der Waals surface area contributed by atoms with E-state index < -0.39 is 41.3 Å². The second kappa shape index (κ2) is 14.9. The summed E-state index contributed by atoms with van der Waals surface area (Å²) in [5.74, 6) is -1.77. The standard InChI is InChI=1S/C33H39N7O7S/c1-32(2,3)46-31(44)39-30-37-23(19-48-30)25(28(42)38-24-22(36-27(24)41)18-35-17-16-34)40-47-33(14-15-33)29(43)45-26(20-10-6-4-7-11-20)21-12-8-5-9-13-21/h4-13,19,22,24,26,35H,14-18,34H2,1-3H3,(H,36,41)(H,38,42)(H,37,39,44)/t22-,24-/m0/s1. The van der Waals surface area contributed by atoms with Crippen LogP contribution in [0.1, 0.15) is 56.5 Å². The quantitative estimate of drug-likeness (QED) is 0.0556. The fraction of sp³-hybridized carbons (Fsp3) is 0.394. The zero-order valence-electron chi connectivity index (χ0n) is 26.9. The molecule has 3 aromatic rings. The number of aromatic nitrogens is 1. The summed E-state index contributed by atoms with van der Waals surface area (Å²) >= 11 is 1.03. The number of benzene rings is 2. The van der Waals surface area contributed by atoms with Crippen molar-refractivity contribution < 1.29 is 33.5 Å². The molecule has 2 heterocycles. The number of thiazole rings is 1. The van der Waals surface area contributed by atoms with Crippen LogP contribution < -0.4 is 27.0 Å². The first-order valence-corrected chi connectivity index (χ1v) is 16.4. The Labute approximate surface area is 281 Å². The Morgan fingerprint density at radius 3 is 2.29 bits per heavy atom.